The lowest BCUT2D eigenvalue weighted by atomic mass is 10.8. The van der Waals surface area contributed by atoms with Crippen LogP contribution in [0, 0.1) is 0 Å². The van der Waals surface area contributed by atoms with E-state index in [4.69, 9.17) is 5.11 Å². The molecule has 4 heteroatoms. The van der Waals surface area contributed by atoms with Gasteiger partial charge in [0.15, 0.2) is 0 Å². The van der Waals surface area contributed by atoms with E-state index in [2.05, 4.69) is 4.18 Å². The van der Waals surface area contributed by atoms with E-state index in [9.17, 15) is 4.21 Å². The van der Waals surface area contributed by atoms with Crippen molar-refractivity contribution in [2.45, 2.75) is 0 Å². The van der Waals surface area contributed by atoms with Crippen molar-refractivity contribution in [3.05, 3.63) is 0 Å². The fourth-order valence-electron chi connectivity index (χ4n) is 0.0713. The summed E-state index contributed by atoms with van der Waals surface area (Å²) < 4.78 is 13.4. The number of hydrogen-bond donors (Lipinski definition) is 1. The van der Waals surface area contributed by atoms with Gasteiger partial charge in [-0.1, -0.05) is 0 Å². The van der Waals surface area contributed by atoms with E-state index in [-0.39, 0.29) is 25.2 Å². The van der Waals surface area contributed by atoms with Gasteiger partial charge in [-0.15, -0.1) is 0 Å². The van der Waals surface area contributed by atoms with E-state index < -0.39 is 0 Å². The smallest absolute Gasteiger partial charge is 0.227 e. The van der Waals surface area contributed by atoms with Crippen LogP contribution in [0.1, 0.15) is 0 Å². The van der Waals surface area contributed by atoms with Crippen LogP contribution in [0.15, 0.2) is 0 Å². The molecule has 0 unspecified atom stereocenters. The molecule has 0 heterocycles. The van der Waals surface area contributed by atoms with E-state index in [0.29, 0.717) is 0 Å². The highest BCUT2D eigenvalue weighted by molar-refractivity contribution is 7.60. The van der Waals surface area contributed by atoms with Crippen LogP contribution >= 0.6 is 0 Å². The average Bonchev–Trinajstić information content (AvgIpc) is 1.61. The van der Waals surface area contributed by atoms with Crippen molar-refractivity contribution in [1.29, 1.82) is 0 Å². The summed E-state index contributed by atoms with van der Waals surface area (Å²) in [6.45, 7) is 0.0312. The lowest BCUT2D eigenvalue weighted by molar-refractivity contribution is 0.217. The van der Waals surface area contributed by atoms with Gasteiger partial charge in [0.25, 0.3) is 0 Å². The zero-order valence-electron chi connectivity index (χ0n) is 3.09. The molecule has 0 atom stereocenters. The van der Waals surface area contributed by atoms with Crippen molar-refractivity contribution < 1.29 is 13.5 Å². The maximum Gasteiger partial charge on any atom is 0.227 e. The molecule has 0 bridgehead atoms. The Bertz CT molecular complexity index is 37.8. The van der Waals surface area contributed by atoms with E-state index in [1.807, 2.05) is 0 Å². The van der Waals surface area contributed by atoms with Crippen LogP contribution in [-0.2, 0) is 16.1 Å². The molecule has 3 nitrogen and oxygen atoms in total. The first-order valence-electron chi connectivity index (χ1n) is 1.44. The standard InChI is InChI=1S/C2H5O3S/c3-1-2-5-6-4/h3H,1-2H2. The Labute approximate surface area is 39.6 Å². The van der Waals surface area contributed by atoms with Crippen LogP contribution in [0.2, 0.25) is 0 Å². The normalized spacial score (nSPS) is 8.17. The van der Waals surface area contributed by atoms with Crippen molar-refractivity contribution in [2.75, 3.05) is 13.2 Å². The van der Waals surface area contributed by atoms with Crippen LogP contribution in [0.25, 0.3) is 0 Å². The van der Waals surface area contributed by atoms with Gasteiger partial charge in [0.1, 0.15) is 0 Å². The van der Waals surface area contributed by atoms with Crippen molar-refractivity contribution in [3.63, 3.8) is 0 Å². The zero-order valence-corrected chi connectivity index (χ0v) is 3.90. The van der Waals surface area contributed by atoms with Crippen LogP contribution in [0.5, 0.6) is 0 Å². The zero-order chi connectivity index (χ0) is 4.83. The molecule has 0 aliphatic rings. The maximum atomic E-state index is 9.27. The molecule has 6 heavy (non-hydrogen) atoms. The molecule has 0 aliphatic carbocycles. The van der Waals surface area contributed by atoms with E-state index in [1.54, 1.807) is 0 Å². The van der Waals surface area contributed by atoms with Gasteiger partial charge in [0.2, 0.25) is 11.9 Å². The van der Waals surface area contributed by atoms with Gasteiger partial charge in [-0.05, 0) is 0 Å². The van der Waals surface area contributed by atoms with Gasteiger partial charge >= 0.3 is 0 Å². The monoisotopic (exact) mass is 109 g/mol. The first-order chi connectivity index (χ1) is 2.91. The van der Waals surface area contributed by atoms with E-state index in [0.717, 1.165) is 0 Å². The molecule has 0 aliphatic heterocycles. The fourth-order valence-corrected chi connectivity index (χ4v) is 0.214. The average molecular weight is 109 g/mol. The lowest BCUT2D eigenvalue weighted by Crippen LogP contribution is -1.92. The summed E-state index contributed by atoms with van der Waals surface area (Å²) in [7, 11) is 0. The predicted octanol–water partition coefficient (Wildman–Crippen LogP) is -0.877. The third-order valence-electron chi connectivity index (χ3n) is 0.223. The Morgan fingerprint density at radius 1 is 1.83 bits per heavy atom. The molecule has 0 saturated carbocycles. The minimum atomic E-state index is -0.0881. The highest BCUT2D eigenvalue weighted by Crippen LogP contribution is 1.62. The molecule has 0 spiro atoms. The first kappa shape index (κ1) is 5.94. The van der Waals surface area contributed by atoms with Crippen LogP contribution in [0.3, 0.4) is 0 Å². The van der Waals surface area contributed by atoms with Crippen molar-refractivity contribution in [3.8, 4) is 0 Å². The Hall–Kier alpha value is -0.0600. The highest BCUT2D eigenvalue weighted by Gasteiger charge is 1.75. The number of aliphatic hydroxyl groups is 1. The van der Waals surface area contributed by atoms with Gasteiger partial charge in [-0.3, -0.25) is 4.18 Å². The molecule has 37 valence electrons. The second kappa shape index (κ2) is 4.94. The van der Waals surface area contributed by atoms with Crippen molar-refractivity contribution >= 4 is 11.9 Å². The Balaban J connectivity index is 2.49. The molecular formula is C2H5O3S. The highest BCUT2D eigenvalue weighted by atomic mass is 32.2. The molecule has 0 amide bonds. The molecule has 0 saturated heterocycles. The topological polar surface area (TPSA) is 46.5 Å². The SMILES string of the molecule is O=[S]OCCO. The largest absolute Gasteiger partial charge is 0.394 e. The second-order valence-corrected chi connectivity index (χ2v) is 0.985. The summed E-state index contributed by atoms with van der Waals surface area (Å²) >= 11 is 0.0162. The quantitative estimate of drug-likeness (QED) is 0.378. The first-order valence-corrected chi connectivity index (χ1v) is 2.10. The summed E-state index contributed by atoms with van der Waals surface area (Å²) in [5.41, 5.74) is 0. The Kier molecular flexibility index (Phi) is 4.89. The van der Waals surface area contributed by atoms with E-state index in [1.165, 1.54) is 0 Å². The molecule has 0 aromatic rings. The van der Waals surface area contributed by atoms with Gasteiger partial charge < -0.3 is 5.11 Å². The molecule has 1 N–H and O–H groups in total. The maximum absolute atomic E-state index is 9.27. The van der Waals surface area contributed by atoms with Crippen LogP contribution < -0.4 is 0 Å². The van der Waals surface area contributed by atoms with Crippen molar-refractivity contribution in [2.24, 2.45) is 0 Å². The number of hydrogen-bond acceptors (Lipinski definition) is 3. The molecule has 1 radical (unpaired) electrons. The molecule has 0 aromatic heterocycles. The minimum absolute atomic E-state index is 0.0162. The van der Waals surface area contributed by atoms with Gasteiger partial charge in [0, 0.05) is 0 Å². The van der Waals surface area contributed by atoms with Crippen molar-refractivity contribution in [1.82, 2.24) is 0 Å². The third kappa shape index (κ3) is 3.94. The van der Waals surface area contributed by atoms with Gasteiger partial charge in [-0.2, -0.15) is 4.21 Å². The van der Waals surface area contributed by atoms with Crippen LogP contribution in [0.4, 0.5) is 0 Å². The molecular weight excluding hydrogens is 104 g/mol. The molecule has 0 rings (SSSR count). The molecule has 0 fully saturated rings. The van der Waals surface area contributed by atoms with Crippen LogP contribution in [-0.4, -0.2) is 22.5 Å². The summed E-state index contributed by atoms with van der Waals surface area (Å²) in [6.07, 6.45) is 0. The summed E-state index contributed by atoms with van der Waals surface area (Å²) in [6, 6.07) is 0. The fraction of sp³-hybridized carbons (Fsp3) is 1.00. The third-order valence-corrected chi connectivity index (χ3v) is 0.486. The van der Waals surface area contributed by atoms with E-state index >= 15 is 0 Å². The Morgan fingerprint density at radius 2 is 2.50 bits per heavy atom. The summed E-state index contributed by atoms with van der Waals surface area (Å²) in [5, 5.41) is 7.92. The summed E-state index contributed by atoms with van der Waals surface area (Å²) in [4.78, 5) is 0. The van der Waals surface area contributed by atoms with Gasteiger partial charge in [0.05, 0.1) is 13.2 Å². The van der Waals surface area contributed by atoms with Gasteiger partial charge in [-0.25, -0.2) is 0 Å². The number of aliphatic hydroxyl groups excluding tert-OH is 1. The second-order valence-electron chi connectivity index (χ2n) is 0.614. The number of rotatable bonds is 3. The Morgan fingerprint density at radius 3 is 2.67 bits per heavy atom. The summed E-state index contributed by atoms with van der Waals surface area (Å²) in [5.74, 6) is 0. The lowest BCUT2D eigenvalue weighted by Gasteiger charge is -1.80. The molecule has 0 aromatic carbocycles. The minimum Gasteiger partial charge on any atom is -0.394 e. The predicted molar refractivity (Wildman–Crippen MR) is 21.2 cm³/mol.